The first-order valence-electron chi connectivity index (χ1n) is 5.05. The van der Waals surface area contributed by atoms with E-state index in [2.05, 4.69) is 11.9 Å². The summed E-state index contributed by atoms with van der Waals surface area (Å²) in [5.74, 6) is -0.484. The number of anilines is 1. The largest absolute Gasteiger partial charge is 0.381 e. The van der Waals surface area contributed by atoms with E-state index in [1.54, 1.807) is 0 Å². The van der Waals surface area contributed by atoms with Gasteiger partial charge in [0.25, 0.3) is 0 Å². The summed E-state index contributed by atoms with van der Waals surface area (Å²) < 4.78 is 13.1. The zero-order valence-corrected chi connectivity index (χ0v) is 8.63. The fourth-order valence-corrected chi connectivity index (χ4v) is 1.65. The molecule has 0 saturated heterocycles. The van der Waals surface area contributed by atoms with E-state index in [0.29, 0.717) is 0 Å². The molecule has 0 bridgehead atoms. The topological polar surface area (TPSA) is 38.9 Å². The summed E-state index contributed by atoms with van der Waals surface area (Å²) in [6.07, 6.45) is 2.09. The second-order valence-electron chi connectivity index (χ2n) is 3.63. The number of aromatic nitrogens is 1. The van der Waals surface area contributed by atoms with E-state index >= 15 is 0 Å². The van der Waals surface area contributed by atoms with Gasteiger partial charge in [0.1, 0.15) is 0 Å². The monoisotopic (exact) mass is 204 g/mol. The van der Waals surface area contributed by atoms with Gasteiger partial charge in [-0.1, -0.05) is 25.5 Å². The van der Waals surface area contributed by atoms with Gasteiger partial charge in [-0.25, -0.2) is 9.37 Å². The van der Waals surface area contributed by atoms with Crippen LogP contribution >= 0.6 is 0 Å². The smallest absolute Gasteiger partial charge is 0.165 e. The number of rotatable bonds is 2. The van der Waals surface area contributed by atoms with Gasteiger partial charge in [-0.05, 0) is 24.1 Å². The number of aryl methyl sites for hydroxylation is 1. The lowest BCUT2D eigenvalue weighted by atomic mass is 10.1. The van der Waals surface area contributed by atoms with Gasteiger partial charge in [0, 0.05) is 5.39 Å². The summed E-state index contributed by atoms with van der Waals surface area (Å²) in [5, 5.41) is 0.793. The van der Waals surface area contributed by atoms with Gasteiger partial charge >= 0.3 is 0 Å². The molecule has 0 aliphatic heterocycles. The summed E-state index contributed by atoms with van der Waals surface area (Å²) in [5.41, 5.74) is 7.40. The molecule has 3 heteroatoms. The molecule has 0 spiro atoms. The Hall–Kier alpha value is -1.64. The summed E-state index contributed by atoms with van der Waals surface area (Å²) in [6, 6.07) is 7.28. The number of hydrogen-bond donors (Lipinski definition) is 1. The van der Waals surface area contributed by atoms with Crippen molar-refractivity contribution >= 4 is 16.7 Å². The van der Waals surface area contributed by atoms with Crippen LogP contribution in [0.4, 0.5) is 10.2 Å². The quantitative estimate of drug-likeness (QED) is 0.816. The summed E-state index contributed by atoms with van der Waals surface area (Å²) in [7, 11) is 0. The maximum atomic E-state index is 13.1. The molecule has 0 atom stereocenters. The number of hydrogen-bond acceptors (Lipinski definition) is 2. The highest BCUT2D eigenvalue weighted by atomic mass is 19.1. The van der Waals surface area contributed by atoms with Gasteiger partial charge in [-0.2, -0.15) is 0 Å². The van der Waals surface area contributed by atoms with Crippen LogP contribution in [0, 0.1) is 5.82 Å². The Balaban J connectivity index is 2.56. The number of pyridine rings is 1. The van der Waals surface area contributed by atoms with E-state index in [0.717, 1.165) is 23.7 Å². The lowest BCUT2D eigenvalue weighted by molar-refractivity contribution is 0.630. The Labute approximate surface area is 87.9 Å². The average Bonchev–Trinajstić information content (AvgIpc) is 2.21. The fourth-order valence-electron chi connectivity index (χ4n) is 1.65. The maximum Gasteiger partial charge on any atom is 0.165 e. The number of fused-ring (bicyclic) bond motifs is 1. The molecule has 2 nitrogen and oxygen atoms in total. The average molecular weight is 204 g/mol. The molecule has 0 aliphatic carbocycles. The summed E-state index contributed by atoms with van der Waals surface area (Å²) in [4.78, 5) is 4.02. The van der Waals surface area contributed by atoms with E-state index in [9.17, 15) is 4.39 Å². The lowest BCUT2D eigenvalue weighted by Crippen LogP contribution is -1.95. The van der Waals surface area contributed by atoms with Crippen molar-refractivity contribution in [1.82, 2.24) is 4.98 Å². The van der Waals surface area contributed by atoms with E-state index in [4.69, 9.17) is 5.73 Å². The highest BCUT2D eigenvalue weighted by molar-refractivity contribution is 5.80. The first-order valence-corrected chi connectivity index (χ1v) is 5.05. The molecule has 1 heterocycles. The summed E-state index contributed by atoms with van der Waals surface area (Å²) in [6.45, 7) is 2.12. The molecule has 0 amide bonds. The zero-order chi connectivity index (χ0) is 10.8. The standard InChI is InChI=1S/C12H13FN2/c1-2-3-8-4-5-9-7-10(13)12(14)15-11(9)6-8/h4-7H,2-3H2,1H3,(H2,14,15). The van der Waals surface area contributed by atoms with E-state index in [1.165, 1.54) is 11.6 Å². The minimum Gasteiger partial charge on any atom is -0.381 e. The van der Waals surface area contributed by atoms with Crippen molar-refractivity contribution in [3.05, 3.63) is 35.6 Å². The molecule has 2 aromatic rings. The molecule has 1 aromatic heterocycles. The zero-order valence-electron chi connectivity index (χ0n) is 8.63. The molecule has 78 valence electrons. The van der Waals surface area contributed by atoms with Crippen molar-refractivity contribution in [3.8, 4) is 0 Å². The Morgan fingerprint density at radius 2 is 2.13 bits per heavy atom. The van der Waals surface area contributed by atoms with Crippen LogP contribution in [0.3, 0.4) is 0 Å². The molecule has 1 aromatic carbocycles. The lowest BCUT2D eigenvalue weighted by Gasteiger charge is -2.03. The maximum absolute atomic E-state index is 13.1. The van der Waals surface area contributed by atoms with Crippen LogP contribution in [0.1, 0.15) is 18.9 Å². The molecule has 15 heavy (non-hydrogen) atoms. The third-order valence-electron chi connectivity index (χ3n) is 2.40. The number of nitrogens with two attached hydrogens (primary N) is 1. The Morgan fingerprint density at radius 3 is 2.87 bits per heavy atom. The second kappa shape index (κ2) is 3.85. The van der Waals surface area contributed by atoms with Crippen molar-refractivity contribution in [3.63, 3.8) is 0 Å². The van der Waals surface area contributed by atoms with Crippen molar-refractivity contribution in [2.24, 2.45) is 0 Å². The minimum atomic E-state index is -0.453. The predicted molar refractivity (Wildman–Crippen MR) is 60.1 cm³/mol. The molecule has 2 N–H and O–H groups in total. The van der Waals surface area contributed by atoms with Gasteiger partial charge in [-0.15, -0.1) is 0 Å². The van der Waals surface area contributed by atoms with Crippen molar-refractivity contribution in [2.75, 3.05) is 5.73 Å². The molecule has 0 radical (unpaired) electrons. The highest BCUT2D eigenvalue weighted by Crippen LogP contribution is 2.19. The van der Waals surface area contributed by atoms with E-state index < -0.39 is 5.82 Å². The number of nitrogens with zero attached hydrogens (tertiary/aromatic N) is 1. The van der Waals surface area contributed by atoms with E-state index in [-0.39, 0.29) is 5.82 Å². The van der Waals surface area contributed by atoms with Crippen molar-refractivity contribution in [1.29, 1.82) is 0 Å². The van der Waals surface area contributed by atoms with Crippen LogP contribution in [0.2, 0.25) is 0 Å². The Bertz CT molecular complexity index is 494. The second-order valence-corrected chi connectivity index (χ2v) is 3.63. The molecule has 0 fully saturated rings. The molecule has 2 rings (SSSR count). The van der Waals surface area contributed by atoms with Crippen LogP contribution < -0.4 is 5.73 Å². The SMILES string of the molecule is CCCc1ccc2cc(F)c(N)nc2c1. The van der Waals surface area contributed by atoms with Gasteiger partial charge in [-0.3, -0.25) is 0 Å². The van der Waals surface area contributed by atoms with Gasteiger partial charge in [0.15, 0.2) is 11.6 Å². The molecular formula is C12H13FN2. The third kappa shape index (κ3) is 1.91. The van der Waals surface area contributed by atoms with Crippen LogP contribution in [0.5, 0.6) is 0 Å². The minimum absolute atomic E-state index is 0.0313. The fraction of sp³-hybridized carbons (Fsp3) is 0.250. The molecule has 0 aliphatic rings. The van der Waals surface area contributed by atoms with Crippen LogP contribution in [-0.4, -0.2) is 4.98 Å². The van der Waals surface area contributed by atoms with Gasteiger partial charge in [0.05, 0.1) is 5.52 Å². The molecular weight excluding hydrogens is 191 g/mol. The Morgan fingerprint density at radius 1 is 1.33 bits per heavy atom. The van der Waals surface area contributed by atoms with Crippen molar-refractivity contribution in [2.45, 2.75) is 19.8 Å². The van der Waals surface area contributed by atoms with Crippen molar-refractivity contribution < 1.29 is 4.39 Å². The normalized spacial score (nSPS) is 10.8. The van der Waals surface area contributed by atoms with Crippen LogP contribution in [-0.2, 0) is 6.42 Å². The first kappa shape index (κ1) is 9.90. The molecule has 0 saturated carbocycles. The van der Waals surface area contributed by atoms with Gasteiger partial charge < -0.3 is 5.73 Å². The number of nitrogen functional groups attached to an aromatic ring is 1. The number of benzene rings is 1. The predicted octanol–water partition coefficient (Wildman–Crippen LogP) is 2.91. The van der Waals surface area contributed by atoms with E-state index in [1.807, 2.05) is 18.2 Å². The number of halogens is 1. The first-order chi connectivity index (χ1) is 7.20. The molecule has 0 unspecified atom stereocenters. The van der Waals surface area contributed by atoms with Crippen LogP contribution in [0.15, 0.2) is 24.3 Å². The third-order valence-corrected chi connectivity index (χ3v) is 2.40. The summed E-state index contributed by atoms with van der Waals surface area (Å²) >= 11 is 0. The highest BCUT2D eigenvalue weighted by Gasteiger charge is 2.03. The Kier molecular flexibility index (Phi) is 2.54. The van der Waals surface area contributed by atoms with Gasteiger partial charge in [0.2, 0.25) is 0 Å². The van der Waals surface area contributed by atoms with Crippen LogP contribution in [0.25, 0.3) is 10.9 Å².